The Morgan fingerprint density at radius 2 is 1.69 bits per heavy atom. The second-order valence-electron chi connectivity index (χ2n) is 6.65. The van der Waals surface area contributed by atoms with Crippen molar-refractivity contribution in [3.63, 3.8) is 0 Å². The highest BCUT2D eigenvalue weighted by Gasteiger charge is 2.12. The predicted molar refractivity (Wildman–Crippen MR) is 123 cm³/mol. The Morgan fingerprint density at radius 3 is 2.35 bits per heavy atom. The molecule has 1 heterocycles. The van der Waals surface area contributed by atoms with Crippen molar-refractivity contribution in [3.05, 3.63) is 34.9 Å². The summed E-state index contributed by atoms with van der Waals surface area (Å²) in [5, 5.41) is 7.55. The zero-order valence-electron chi connectivity index (χ0n) is 16.0. The maximum Gasteiger partial charge on any atom is 0.190 e. The molecule has 26 heavy (non-hydrogen) atoms. The summed E-state index contributed by atoms with van der Waals surface area (Å²) in [4.78, 5) is 9.26. The Balaban J connectivity index is 0.00000338. The average Bonchev–Trinajstić information content (AvgIpc) is 2.63. The summed E-state index contributed by atoms with van der Waals surface area (Å²) in [5.74, 6) is 0.883. The van der Waals surface area contributed by atoms with Crippen LogP contribution < -0.4 is 10.6 Å². The maximum atomic E-state index is 5.91. The molecule has 5 nitrogen and oxygen atoms in total. The van der Waals surface area contributed by atoms with Gasteiger partial charge in [0, 0.05) is 51.3 Å². The standard InChI is InChI=1S/C19H32ClN5.HI/c1-21-19(23-11-9-17-5-7-18(20)8-6-17)22-10-3-4-12-25-15-13-24(2)14-16-25;/h5-8H,3-4,9-16H2,1-2H3,(H2,21,22,23);1H. The Labute approximate surface area is 180 Å². The first-order valence-electron chi connectivity index (χ1n) is 9.27. The van der Waals surface area contributed by atoms with Gasteiger partial charge in [-0.3, -0.25) is 4.99 Å². The van der Waals surface area contributed by atoms with Crippen molar-refractivity contribution in [3.8, 4) is 0 Å². The first-order chi connectivity index (χ1) is 12.2. The fourth-order valence-corrected chi connectivity index (χ4v) is 3.06. The molecule has 0 amide bonds. The Morgan fingerprint density at radius 1 is 1.04 bits per heavy atom. The number of hydrogen-bond acceptors (Lipinski definition) is 3. The zero-order chi connectivity index (χ0) is 17.9. The van der Waals surface area contributed by atoms with Crippen LogP contribution in [0, 0.1) is 0 Å². The number of hydrogen-bond donors (Lipinski definition) is 2. The Hall–Kier alpha value is -0.570. The lowest BCUT2D eigenvalue weighted by Crippen LogP contribution is -2.44. The molecule has 1 fully saturated rings. The van der Waals surface area contributed by atoms with Crippen LogP contribution in [-0.2, 0) is 6.42 Å². The molecule has 148 valence electrons. The minimum atomic E-state index is 0. The third-order valence-corrected chi connectivity index (χ3v) is 4.88. The predicted octanol–water partition coefficient (Wildman–Crippen LogP) is 2.69. The first kappa shape index (κ1) is 23.5. The molecule has 0 radical (unpaired) electrons. The molecule has 0 aliphatic carbocycles. The van der Waals surface area contributed by atoms with Crippen molar-refractivity contribution in [2.45, 2.75) is 19.3 Å². The van der Waals surface area contributed by atoms with E-state index < -0.39 is 0 Å². The van der Waals surface area contributed by atoms with E-state index in [-0.39, 0.29) is 24.0 Å². The number of benzene rings is 1. The number of guanidine groups is 1. The van der Waals surface area contributed by atoms with Crippen molar-refractivity contribution in [2.24, 2.45) is 4.99 Å². The lowest BCUT2D eigenvalue weighted by atomic mass is 10.1. The molecule has 7 heteroatoms. The summed E-state index contributed by atoms with van der Waals surface area (Å²) in [7, 11) is 4.02. The minimum Gasteiger partial charge on any atom is -0.356 e. The highest BCUT2D eigenvalue weighted by atomic mass is 127. The van der Waals surface area contributed by atoms with Gasteiger partial charge in [-0.2, -0.15) is 0 Å². The maximum absolute atomic E-state index is 5.91. The lowest BCUT2D eigenvalue weighted by Gasteiger charge is -2.32. The van der Waals surface area contributed by atoms with E-state index in [4.69, 9.17) is 11.6 Å². The summed E-state index contributed by atoms with van der Waals surface area (Å²) < 4.78 is 0. The van der Waals surface area contributed by atoms with Gasteiger partial charge in [0.1, 0.15) is 0 Å². The van der Waals surface area contributed by atoms with E-state index in [0.717, 1.165) is 30.5 Å². The van der Waals surface area contributed by atoms with E-state index in [1.807, 2.05) is 19.2 Å². The van der Waals surface area contributed by atoms with Crippen molar-refractivity contribution in [1.82, 2.24) is 20.4 Å². The normalized spacial score (nSPS) is 16.2. The summed E-state index contributed by atoms with van der Waals surface area (Å²) >= 11 is 5.91. The number of unbranched alkanes of at least 4 members (excludes halogenated alkanes) is 1. The van der Waals surface area contributed by atoms with E-state index in [1.54, 1.807) is 0 Å². The molecule has 1 aromatic carbocycles. The van der Waals surface area contributed by atoms with Gasteiger partial charge in [-0.05, 0) is 50.6 Å². The van der Waals surface area contributed by atoms with Gasteiger partial charge in [-0.25, -0.2) is 0 Å². The van der Waals surface area contributed by atoms with Crippen molar-refractivity contribution in [2.75, 3.05) is 59.9 Å². The molecule has 2 rings (SSSR count). The van der Waals surface area contributed by atoms with Gasteiger partial charge in [0.15, 0.2) is 5.96 Å². The molecule has 1 aliphatic rings. The quantitative estimate of drug-likeness (QED) is 0.253. The van der Waals surface area contributed by atoms with E-state index in [9.17, 15) is 0 Å². The number of piperazine rings is 1. The largest absolute Gasteiger partial charge is 0.356 e. The van der Waals surface area contributed by atoms with Crippen LogP contribution in [0.3, 0.4) is 0 Å². The van der Waals surface area contributed by atoms with Gasteiger partial charge in [0.2, 0.25) is 0 Å². The molecular formula is C19H33ClIN5. The fourth-order valence-electron chi connectivity index (χ4n) is 2.94. The van der Waals surface area contributed by atoms with E-state index in [0.29, 0.717) is 0 Å². The van der Waals surface area contributed by atoms with Gasteiger partial charge in [-0.1, -0.05) is 23.7 Å². The number of nitrogens with one attached hydrogen (secondary N) is 2. The lowest BCUT2D eigenvalue weighted by molar-refractivity contribution is 0.152. The summed E-state index contributed by atoms with van der Waals surface area (Å²) in [6, 6.07) is 8.01. The molecule has 1 saturated heterocycles. The van der Waals surface area contributed by atoms with Crippen LogP contribution in [0.5, 0.6) is 0 Å². The summed E-state index contributed by atoms with van der Waals surface area (Å²) in [5.41, 5.74) is 1.28. The SMILES string of the molecule is CN=C(NCCCCN1CCN(C)CC1)NCCc1ccc(Cl)cc1.I. The third-order valence-electron chi connectivity index (χ3n) is 4.63. The molecule has 0 unspecified atom stereocenters. The van der Waals surface area contributed by atoms with Crippen LogP contribution >= 0.6 is 35.6 Å². The van der Waals surface area contributed by atoms with Gasteiger partial charge in [0.05, 0.1) is 0 Å². The van der Waals surface area contributed by atoms with Gasteiger partial charge in [0.25, 0.3) is 0 Å². The molecule has 0 spiro atoms. The smallest absolute Gasteiger partial charge is 0.190 e. The summed E-state index contributed by atoms with van der Waals surface area (Å²) in [6.45, 7) is 7.84. The second-order valence-corrected chi connectivity index (χ2v) is 7.09. The Kier molecular flexibility index (Phi) is 12.3. The molecule has 1 aromatic rings. The van der Waals surface area contributed by atoms with Crippen LogP contribution in [0.4, 0.5) is 0 Å². The van der Waals surface area contributed by atoms with Crippen LogP contribution in [-0.4, -0.2) is 75.7 Å². The zero-order valence-corrected chi connectivity index (χ0v) is 19.1. The van der Waals surface area contributed by atoms with E-state index >= 15 is 0 Å². The topological polar surface area (TPSA) is 42.9 Å². The third kappa shape index (κ3) is 9.39. The van der Waals surface area contributed by atoms with Crippen molar-refractivity contribution < 1.29 is 0 Å². The van der Waals surface area contributed by atoms with Crippen molar-refractivity contribution >= 4 is 41.5 Å². The van der Waals surface area contributed by atoms with Gasteiger partial charge < -0.3 is 20.4 Å². The summed E-state index contributed by atoms with van der Waals surface area (Å²) in [6.07, 6.45) is 3.37. The van der Waals surface area contributed by atoms with E-state index in [1.165, 1.54) is 51.1 Å². The molecule has 2 N–H and O–H groups in total. The highest BCUT2D eigenvalue weighted by molar-refractivity contribution is 14.0. The first-order valence-corrected chi connectivity index (χ1v) is 9.65. The molecule has 0 aromatic heterocycles. The Bertz CT molecular complexity index is 515. The van der Waals surface area contributed by atoms with Gasteiger partial charge in [-0.15, -0.1) is 24.0 Å². The monoisotopic (exact) mass is 493 g/mol. The molecule has 0 bridgehead atoms. The van der Waals surface area contributed by atoms with Crippen molar-refractivity contribution in [1.29, 1.82) is 0 Å². The number of aliphatic imine (C=N–C) groups is 1. The number of rotatable bonds is 8. The van der Waals surface area contributed by atoms with Crippen LogP contribution in [0.1, 0.15) is 18.4 Å². The number of nitrogens with zero attached hydrogens (tertiary/aromatic N) is 3. The van der Waals surface area contributed by atoms with Crippen LogP contribution in [0.15, 0.2) is 29.3 Å². The number of halogens is 2. The van der Waals surface area contributed by atoms with Crippen LogP contribution in [0.2, 0.25) is 5.02 Å². The minimum absolute atomic E-state index is 0. The molecular weight excluding hydrogens is 461 g/mol. The fraction of sp³-hybridized carbons (Fsp3) is 0.632. The highest BCUT2D eigenvalue weighted by Crippen LogP contribution is 2.09. The molecule has 0 atom stereocenters. The molecule has 0 saturated carbocycles. The average molecular weight is 494 g/mol. The van der Waals surface area contributed by atoms with Gasteiger partial charge >= 0.3 is 0 Å². The second kappa shape index (κ2) is 13.6. The number of likely N-dealkylation sites (N-methyl/N-ethyl adjacent to an activating group) is 1. The van der Waals surface area contributed by atoms with E-state index in [2.05, 4.69) is 44.6 Å². The van der Waals surface area contributed by atoms with Crippen LogP contribution in [0.25, 0.3) is 0 Å². The molecule has 1 aliphatic heterocycles.